The topological polar surface area (TPSA) is 119 Å². The van der Waals surface area contributed by atoms with E-state index < -0.39 is 16.1 Å². The van der Waals surface area contributed by atoms with Crippen molar-refractivity contribution in [2.75, 3.05) is 29.6 Å². The highest BCUT2D eigenvalue weighted by atomic mass is 32.2. The molecule has 170 valence electrons. The van der Waals surface area contributed by atoms with E-state index in [0.717, 1.165) is 4.70 Å². The number of hydrogen-bond donors (Lipinski definition) is 3. The van der Waals surface area contributed by atoms with Gasteiger partial charge >= 0.3 is 6.03 Å². The Kier molecular flexibility index (Phi) is 6.33. The average molecular weight is 485 g/mol. The lowest BCUT2D eigenvalue weighted by molar-refractivity contribution is 0.262. The first-order valence-corrected chi connectivity index (χ1v) is 12.0. The zero-order valence-corrected chi connectivity index (χ0v) is 19.3. The van der Waals surface area contributed by atoms with Crippen LogP contribution < -0.4 is 24.8 Å². The van der Waals surface area contributed by atoms with Gasteiger partial charge in [-0.2, -0.15) is 0 Å². The Labute approximate surface area is 194 Å². The number of nitrogens with one attached hydrogen (secondary N) is 3. The number of benzene rings is 3. The summed E-state index contributed by atoms with van der Waals surface area (Å²) in [4.78, 5) is 17.0. The molecule has 0 aliphatic carbocycles. The van der Waals surface area contributed by atoms with E-state index in [0.29, 0.717) is 28.4 Å². The van der Waals surface area contributed by atoms with E-state index in [1.165, 1.54) is 37.7 Å². The Morgan fingerprint density at radius 3 is 2.45 bits per heavy atom. The maximum Gasteiger partial charge on any atom is 0.323 e. The number of carbonyl (C=O) groups is 1. The van der Waals surface area contributed by atoms with Crippen molar-refractivity contribution >= 4 is 54.1 Å². The number of urea groups is 1. The number of hydrogen-bond acceptors (Lipinski definition) is 7. The van der Waals surface area contributed by atoms with Crippen molar-refractivity contribution in [3.8, 4) is 11.5 Å². The van der Waals surface area contributed by atoms with E-state index in [9.17, 15) is 13.2 Å². The lowest BCUT2D eigenvalue weighted by atomic mass is 10.2. The van der Waals surface area contributed by atoms with E-state index in [2.05, 4.69) is 20.3 Å². The molecule has 0 unspecified atom stereocenters. The number of sulfonamides is 1. The molecule has 4 aromatic rings. The Hall–Kier alpha value is -3.83. The van der Waals surface area contributed by atoms with Crippen LogP contribution in [0.15, 0.2) is 71.6 Å². The second-order valence-corrected chi connectivity index (χ2v) is 9.48. The summed E-state index contributed by atoms with van der Waals surface area (Å²) in [6, 6.07) is 17.8. The minimum atomic E-state index is -3.74. The fourth-order valence-corrected chi connectivity index (χ4v) is 5.12. The largest absolute Gasteiger partial charge is 0.497 e. The third-order valence-electron chi connectivity index (χ3n) is 4.58. The van der Waals surface area contributed by atoms with Gasteiger partial charge in [0.2, 0.25) is 0 Å². The first-order chi connectivity index (χ1) is 15.9. The number of methoxy groups -OCH3 is 2. The second-order valence-electron chi connectivity index (χ2n) is 6.77. The highest BCUT2D eigenvalue weighted by Crippen LogP contribution is 2.31. The Morgan fingerprint density at radius 2 is 1.73 bits per heavy atom. The molecule has 0 spiro atoms. The van der Waals surface area contributed by atoms with Crippen LogP contribution in [0.4, 0.5) is 21.3 Å². The quantitative estimate of drug-likeness (QED) is 0.348. The molecule has 33 heavy (non-hydrogen) atoms. The number of rotatable bonds is 7. The molecular formula is C22H20N4O5S2. The normalized spacial score (nSPS) is 11.1. The molecule has 2 amide bonds. The van der Waals surface area contributed by atoms with Gasteiger partial charge in [-0.25, -0.2) is 18.2 Å². The molecule has 0 aliphatic rings. The summed E-state index contributed by atoms with van der Waals surface area (Å²) in [6.07, 6.45) is 0. The summed E-state index contributed by atoms with van der Waals surface area (Å²) in [7, 11) is -0.706. The van der Waals surface area contributed by atoms with Crippen LogP contribution in [0.5, 0.6) is 11.5 Å². The van der Waals surface area contributed by atoms with Crippen LogP contribution in [0, 0.1) is 0 Å². The minimum absolute atomic E-state index is 0.149. The number of nitrogens with zero attached hydrogens (tertiary/aromatic N) is 1. The number of thiazole rings is 1. The van der Waals surface area contributed by atoms with Gasteiger partial charge in [0.1, 0.15) is 11.5 Å². The molecule has 0 aliphatic heterocycles. The van der Waals surface area contributed by atoms with Crippen molar-refractivity contribution in [2.45, 2.75) is 4.90 Å². The summed E-state index contributed by atoms with van der Waals surface area (Å²) < 4.78 is 38.8. The van der Waals surface area contributed by atoms with Gasteiger partial charge < -0.3 is 20.1 Å². The van der Waals surface area contributed by atoms with Gasteiger partial charge in [-0.15, -0.1) is 0 Å². The van der Waals surface area contributed by atoms with E-state index >= 15 is 0 Å². The Balaban J connectivity index is 1.49. The molecule has 0 bridgehead atoms. The number of amides is 2. The van der Waals surface area contributed by atoms with E-state index in [1.54, 1.807) is 54.6 Å². The lowest BCUT2D eigenvalue weighted by Gasteiger charge is -2.12. The second kappa shape index (κ2) is 9.35. The smallest absolute Gasteiger partial charge is 0.323 e. The first kappa shape index (κ1) is 22.4. The number of aromatic nitrogens is 1. The number of carbonyl (C=O) groups excluding carboxylic acids is 1. The monoisotopic (exact) mass is 484 g/mol. The van der Waals surface area contributed by atoms with Crippen LogP contribution in [0.3, 0.4) is 0 Å². The Morgan fingerprint density at radius 1 is 0.939 bits per heavy atom. The average Bonchev–Trinajstić information content (AvgIpc) is 3.20. The van der Waals surface area contributed by atoms with Crippen LogP contribution in [0.2, 0.25) is 0 Å². The van der Waals surface area contributed by atoms with E-state index in [4.69, 9.17) is 9.47 Å². The first-order valence-electron chi connectivity index (χ1n) is 9.66. The maximum atomic E-state index is 12.5. The Bertz CT molecular complexity index is 1410. The van der Waals surface area contributed by atoms with Crippen molar-refractivity contribution in [3.05, 3.63) is 66.7 Å². The number of ether oxygens (including phenoxy) is 2. The molecule has 0 saturated heterocycles. The predicted molar refractivity (Wildman–Crippen MR) is 129 cm³/mol. The van der Waals surface area contributed by atoms with Crippen LogP contribution in [-0.2, 0) is 10.0 Å². The van der Waals surface area contributed by atoms with Gasteiger partial charge in [0, 0.05) is 11.8 Å². The van der Waals surface area contributed by atoms with Gasteiger partial charge in [0.05, 0.1) is 35.0 Å². The molecular weight excluding hydrogens is 464 g/mol. The van der Waals surface area contributed by atoms with Crippen molar-refractivity contribution in [1.82, 2.24) is 4.98 Å². The van der Waals surface area contributed by atoms with Crippen molar-refractivity contribution < 1.29 is 22.7 Å². The van der Waals surface area contributed by atoms with Crippen molar-refractivity contribution in [1.29, 1.82) is 0 Å². The van der Waals surface area contributed by atoms with Gasteiger partial charge in [-0.05, 0) is 42.5 Å². The molecule has 3 N–H and O–H groups in total. The third kappa shape index (κ3) is 5.16. The fourth-order valence-electron chi connectivity index (χ4n) is 3.02. The molecule has 9 nitrogen and oxygen atoms in total. The van der Waals surface area contributed by atoms with Gasteiger partial charge in [-0.3, -0.25) is 4.72 Å². The van der Waals surface area contributed by atoms with Crippen molar-refractivity contribution in [3.63, 3.8) is 0 Å². The zero-order valence-electron chi connectivity index (χ0n) is 17.7. The van der Waals surface area contributed by atoms with Gasteiger partial charge in [-0.1, -0.05) is 29.5 Å². The van der Waals surface area contributed by atoms with Crippen LogP contribution in [0.1, 0.15) is 0 Å². The highest BCUT2D eigenvalue weighted by Gasteiger charge is 2.16. The molecule has 0 fully saturated rings. The summed E-state index contributed by atoms with van der Waals surface area (Å²) in [5.41, 5.74) is 1.48. The standard InChI is InChI=1S/C22H20N4O5S2/c1-30-15-9-10-19(31-2)17(13-15)24-21(27)23-14-8-11-20-18(12-14)25-22(32-20)26-33(28,29)16-6-4-3-5-7-16/h3-13H,1-2H3,(H,25,26)(H2,23,24,27). The summed E-state index contributed by atoms with van der Waals surface area (Å²) in [6.45, 7) is 0. The molecule has 1 aromatic heterocycles. The summed E-state index contributed by atoms with van der Waals surface area (Å²) in [5, 5.41) is 5.69. The third-order valence-corrected chi connectivity index (χ3v) is 7.01. The maximum absolute atomic E-state index is 12.5. The summed E-state index contributed by atoms with van der Waals surface area (Å²) >= 11 is 1.20. The predicted octanol–water partition coefficient (Wildman–Crippen LogP) is 4.76. The van der Waals surface area contributed by atoms with Crippen LogP contribution in [0.25, 0.3) is 10.2 Å². The van der Waals surface area contributed by atoms with Gasteiger partial charge in [0.25, 0.3) is 10.0 Å². The van der Waals surface area contributed by atoms with E-state index in [-0.39, 0.29) is 10.0 Å². The number of fused-ring (bicyclic) bond motifs is 1. The molecule has 11 heteroatoms. The molecule has 0 saturated carbocycles. The van der Waals surface area contributed by atoms with E-state index in [1.807, 2.05) is 0 Å². The lowest BCUT2D eigenvalue weighted by Crippen LogP contribution is -2.19. The molecule has 3 aromatic carbocycles. The molecule has 1 heterocycles. The SMILES string of the molecule is COc1ccc(OC)c(NC(=O)Nc2ccc3sc(NS(=O)(=O)c4ccccc4)nc3c2)c1. The fraction of sp³-hybridized carbons (Fsp3) is 0.0909. The van der Waals surface area contributed by atoms with Gasteiger partial charge in [0.15, 0.2) is 5.13 Å². The van der Waals surface area contributed by atoms with Crippen LogP contribution in [-0.4, -0.2) is 33.7 Å². The highest BCUT2D eigenvalue weighted by molar-refractivity contribution is 7.93. The molecule has 0 radical (unpaired) electrons. The number of anilines is 3. The van der Waals surface area contributed by atoms with Crippen LogP contribution >= 0.6 is 11.3 Å². The molecule has 4 rings (SSSR count). The summed E-state index contributed by atoms with van der Waals surface area (Å²) in [5.74, 6) is 1.05. The zero-order chi connectivity index (χ0) is 23.4. The van der Waals surface area contributed by atoms with Crippen molar-refractivity contribution in [2.24, 2.45) is 0 Å². The minimum Gasteiger partial charge on any atom is -0.497 e. The molecule has 0 atom stereocenters.